The third-order valence-electron chi connectivity index (χ3n) is 2.18. The van der Waals surface area contributed by atoms with E-state index in [4.69, 9.17) is 4.74 Å². The molecule has 2 radical (unpaired) electrons. The van der Waals surface area contributed by atoms with Gasteiger partial charge < -0.3 is 14.2 Å². The van der Waals surface area contributed by atoms with Crippen molar-refractivity contribution in [2.24, 2.45) is 5.92 Å². The van der Waals surface area contributed by atoms with Gasteiger partial charge in [-0.25, -0.2) is 7.11 Å². The summed E-state index contributed by atoms with van der Waals surface area (Å²) in [4.78, 5) is 11.3. The van der Waals surface area contributed by atoms with Gasteiger partial charge in [0, 0.05) is 65.4 Å². The van der Waals surface area contributed by atoms with Crippen molar-refractivity contribution in [1.29, 1.82) is 0 Å². The normalized spacial score (nSPS) is 22.9. The molecule has 0 amide bonds. The molecule has 0 aromatic carbocycles. The van der Waals surface area contributed by atoms with Gasteiger partial charge in [0.25, 0.3) is 5.97 Å². The van der Waals surface area contributed by atoms with Gasteiger partial charge in [-0.3, -0.25) is 4.79 Å². The van der Waals surface area contributed by atoms with Crippen molar-refractivity contribution < 1.29 is 84.4 Å². The van der Waals surface area contributed by atoms with Crippen LogP contribution in [0.3, 0.4) is 0 Å². The van der Waals surface area contributed by atoms with Gasteiger partial charge in [-0.1, -0.05) is 12.2 Å². The second-order valence-electron chi connectivity index (χ2n) is 3.04. The van der Waals surface area contributed by atoms with Gasteiger partial charge in [-0.05, 0) is 12.8 Å². The summed E-state index contributed by atoms with van der Waals surface area (Å²) >= 11 is 0. The minimum Gasteiger partial charge on any atom is -0.640 e. The van der Waals surface area contributed by atoms with E-state index in [1.54, 1.807) is 0 Å². The number of esters is 1. The van der Waals surface area contributed by atoms with Crippen molar-refractivity contribution in [2.75, 3.05) is 6.79 Å². The Morgan fingerprint density at radius 1 is 1.25 bits per heavy atom. The van der Waals surface area contributed by atoms with Crippen LogP contribution in [0.15, 0.2) is 12.2 Å². The molecule has 0 fully saturated rings. The first-order valence-electron chi connectivity index (χ1n) is 4.39. The van der Waals surface area contributed by atoms with E-state index in [-0.39, 0.29) is 90.2 Å². The number of allylic oxidation sites excluding steroid dienone is 1. The van der Waals surface area contributed by atoms with Gasteiger partial charge in [-0.2, -0.15) is 7.11 Å². The van der Waals surface area contributed by atoms with Crippen LogP contribution in [-0.2, 0) is 84.4 Å². The minimum absolute atomic E-state index is 0. The van der Waals surface area contributed by atoms with Gasteiger partial charge in [-0.15, -0.1) is 0 Å². The molecule has 0 saturated heterocycles. The molecule has 6 heteroatoms. The molecule has 4 nitrogen and oxygen atoms in total. The Morgan fingerprint density at radius 2 is 1.88 bits per heavy atom. The van der Waals surface area contributed by atoms with Crippen LogP contribution in [0.2, 0.25) is 0 Å². The quantitative estimate of drug-likeness (QED) is 0.323. The van der Waals surface area contributed by atoms with Crippen LogP contribution in [-0.4, -0.2) is 18.9 Å². The van der Waals surface area contributed by atoms with Gasteiger partial charge in [0.15, 0.2) is 0 Å². The Hall–Kier alpha value is 1.34. The molecular formula is C10H14O4Y2-2. The Balaban J connectivity index is 0. The minimum atomic E-state index is -0.344. The van der Waals surface area contributed by atoms with Crippen LogP contribution in [0.25, 0.3) is 0 Å². The van der Waals surface area contributed by atoms with Crippen LogP contribution in [0.1, 0.15) is 12.8 Å². The predicted octanol–water partition coefficient (Wildman–Crippen LogP) is 1.43. The molecule has 0 N–H and O–H groups in total. The Labute approximate surface area is 147 Å². The summed E-state index contributed by atoms with van der Waals surface area (Å²) in [6.07, 6.45) is 5.02. The Kier molecular flexibility index (Phi) is 14.1. The number of carbonyl (C=O) groups is 1. The second-order valence-corrected chi connectivity index (χ2v) is 3.04. The van der Waals surface area contributed by atoms with Crippen molar-refractivity contribution in [2.45, 2.75) is 18.9 Å². The summed E-state index contributed by atoms with van der Waals surface area (Å²) in [6.45, 7) is 0.0828. The van der Waals surface area contributed by atoms with Crippen LogP contribution in [0, 0.1) is 20.1 Å². The Morgan fingerprint density at radius 3 is 2.44 bits per heavy atom. The molecule has 2 atom stereocenters. The fraction of sp³-hybridized carbons (Fsp3) is 0.500. The van der Waals surface area contributed by atoms with Crippen LogP contribution < -0.4 is 0 Å². The summed E-state index contributed by atoms with van der Waals surface area (Å²) in [7, 11) is 6.29. The number of hydrogen-bond donors (Lipinski definition) is 0. The molecule has 16 heavy (non-hydrogen) atoms. The maximum atomic E-state index is 11.3. The molecule has 0 bridgehead atoms. The zero-order valence-electron chi connectivity index (χ0n) is 9.13. The maximum absolute atomic E-state index is 11.3. The number of carbonyl (C=O) groups excluding carboxylic acids is 1. The molecule has 0 aromatic heterocycles. The van der Waals surface area contributed by atoms with Crippen molar-refractivity contribution in [3.8, 4) is 0 Å². The van der Waals surface area contributed by atoms with Gasteiger partial charge >= 0.3 is 0 Å². The van der Waals surface area contributed by atoms with Crippen LogP contribution in [0.5, 0.6) is 0 Å². The smallest absolute Gasteiger partial charge is 0.280 e. The predicted molar refractivity (Wildman–Crippen MR) is 49.5 cm³/mol. The topological polar surface area (TPSA) is 44.8 Å². The molecule has 0 saturated carbocycles. The molecule has 1 rings (SSSR count). The summed E-state index contributed by atoms with van der Waals surface area (Å²) in [6, 6.07) is 0. The fourth-order valence-electron chi connectivity index (χ4n) is 1.46. The third kappa shape index (κ3) is 6.32. The van der Waals surface area contributed by atoms with Gasteiger partial charge in [0.1, 0.15) is 6.79 Å². The Bertz CT molecular complexity index is 221. The number of ether oxygens (including phenoxy) is 3. The molecule has 0 aliphatic heterocycles. The SMILES string of the molecule is [CH2-]OCOC1CC=CCC1C(=O)O[CH2-].[Y].[Y]. The van der Waals surface area contributed by atoms with E-state index in [0.717, 1.165) is 0 Å². The average molecular weight is 376 g/mol. The summed E-state index contributed by atoms with van der Waals surface area (Å²) < 4.78 is 14.3. The summed E-state index contributed by atoms with van der Waals surface area (Å²) in [5, 5.41) is 0. The van der Waals surface area contributed by atoms with E-state index in [1.807, 2.05) is 12.2 Å². The van der Waals surface area contributed by atoms with Crippen LogP contribution >= 0.6 is 0 Å². The number of rotatable bonds is 4. The summed E-state index contributed by atoms with van der Waals surface area (Å²) in [5.74, 6) is -0.629. The standard InChI is InChI=1S/C10H14O4.2Y/c1-12-7-14-9-6-4-3-5-8(9)10(11)13-2;;/h3-4,8-9H,1-2,5-7H2;;/q-2;;. The second kappa shape index (κ2) is 11.4. The van der Waals surface area contributed by atoms with E-state index < -0.39 is 0 Å². The molecule has 1 aliphatic carbocycles. The first kappa shape index (κ1) is 19.7. The molecule has 0 heterocycles. The first-order chi connectivity index (χ1) is 6.79. The third-order valence-corrected chi connectivity index (χ3v) is 2.18. The monoisotopic (exact) mass is 376 g/mol. The van der Waals surface area contributed by atoms with E-state index in [2.05, 4.69) is 23.7 Å². The van der Waals surface area contributed by atoms with E-state index in [0.29, 0.717) is 12.8 Å². The molecule has 1 aliphatic rings. The average Bonchev–Trinajstić information content (AvgIpc) is 2.25. The van der Waals surface area contributed by atoms with Crippen molar-refractivity contribution in [3.05, 3.63) is 26.4 Å². The van der Waals surface area contributed by atoms with Gasteiger partial charge in [0.2, 0.25) is 0 Å². The molecule has 86 valence electrons. The molecular weight excluding hydrogens is 362 g/mol. The largest absolute Gasteiger partial charge is 0.640 e. The van der Waals surface area contributed by atoms with Crippen molar-refractivity contribution in [1.82, 2.24) is 0 Å². The van der Waals surface area contributed by atoms with Crippen molar-refractivity contribution >= 4 is 5.97 Å². The fourth-order valence-corrected chi connectivity index (χ4v) is 1.46. The van der Waals surface area contributed by atoms with E-state index in [1.165, 1.54) is 0 Å². The van der Waals surface area contributed by atoms with E-state index >= 15 is 0 Å². The first-order valence-corrected chi connectivity index (χ1v) is 4.39. The maximum Gasteiger partial charge on any atom is 0.280 e. The molecule has 2 unspecified atom stereocenters. The summed E-state index contributed by atoms with van der Waals surface area (Å²) in [5.41, 5.74) is 0. The van der Waals surface area contributed by atoms with Crippen LogP contribution in [0.4, 0.5) is 0 Å². The molecule has 0 spiro atoms. The molecule has 0 aromatic rings. The zero-order valence-corrected chi connectivity index (χ0v) is 14.8. The van der Waals surface area contributed by atoms with E-state index in [9.17, 15) is 4.79 Å². The number of hydrogen-bond acceptors (Lipinski definition) is 4. The van der Waals surface area contributed by atoms with Gasteiger partial charge in [0.05, 0.1) is 12.0 Å². The van der Waals surface area contributed by atoms with Crippen molar-refractivity contribution in [3.63, 3.8) is 0 Å². The zero-order chi connectivity index (χ0) is 10.4.